The van der Waals surface area contributed by atoms with E-state index in [1.54, 1.807) is 17.7 Å². The monoisotopic (exact) mass is 423 g/mol. The van der Waals surface area contributed by atoms with Gasteiger partial charge in [-0.15, -0.1) is 0 Å². The summed E-state index contributed by atoms with van der Waals surface area (Å²) in [6, 6.07) is 9.13. The van der Waals surface area contributed by atoms with Gasteiger partial charge in [0.1, 0.15) is 0 Å². The van der Waals surface area contributed by atoms with Gasteiger partial charge < -0.3 is 19.7 Å². The highest BCUT2D eigenvalue weighted by Crippen LogP contribution is 2.19. The zero-order valence-electron chi connectivity index (χ0n) is 14.5. The van der Waals surface area contributed by atoms with Crippen LogP contribution in [0.1, 0.15) is 6.42 Å². The number of methoxy groups -OCH3 is 1. The molecule has 3 rings (SSSR count). The maximum absolute atomic E-state index is 12.3. The first-order valence-electron chi connectivity index (χ1n) is 8.51. The minimum Gasteiger partial charge on any atom is -0.465 e. The van der Waals surface area contributed by atoms with Crippen molar-refractivity contribution in [3.05, 3.63) is 45.2 Å². The summed E-state index contributed by atoms with van der Waals surface area (Å²) in [5.74, 6) is 0. The molecule has 1 saturated heterocycles. The number of carboxylic acid groups (broad SMARTS) is 1. The molecule has 8 heteroatoms. The highest BCUT2D eigenvalue weighted by molar-refractivity contribution is 9.10. The fourth-order valence-electron chi connectivity index (χ4n) is 3.48. The first-order chi connectivity index (χ1) is 12.5. The number of amides is 1. The Morgan fingerprint density at radius 2 is 2.12 bits per heavy atom. The van der Waals surface area contributed by atoms with Crippen molar-refractivity contribution in [2.75, 3.05) is 26.7 Å². The zero-order valence-corrected chi connectivity index (χ0v) is 16.1. The van der Waals surface area contributed by atoms with Crippen LogP contribution >= 0.6 is 15.9 Å². The number of hydrogen-bond acceptors (Lipinski definition) is 4. The van der Waals surface area contributed by atoms with Gasteiger partial charge in [-0.3, -0.25) is 9.69 Å². The summed E-state index contributed by atoms with van der Waals surface area (Å²) in [6.07, 6.45) is -0.544. The Labute approximate surface area is 159 Å². The second kappa shape index (κ2) is 8.20. The number of benzene rings is 1. The molecule has 1 aliphatic rings. The van der Waals surface area contributed by atoms with Crippen molar-refractivity contribution in [1.82, 2.24) is 14.8 Å². The van der Waals surface area contributed by atoms with E-state index in [9.17, 15) is 9.59 Å². The first kappa shape index (κ1) is 18.9. The number of ether oxygens (including phenoxy) is 1. The molecule has 0 spiro atoms. The highest BCUT2D eigenvalue weighted by atomic mass is 79.9. The van der Waals surface area contributed by atoms with Gasteiger partial charge in [0.25, 0.3) is 5.56 Å². The van der Waals surface area contributed by atoms with Gasteiger partial charge in [0, 0.05) is 43.8 Å². The third-order valence-electron chi connectivity index (χ3n) is 4.85. The molecule has 1 aliphatic heterocycles. The second-order valence-electron chi connectivity index (χ2n) is 6.45. The molecule has 2 heterocycles. The van der Waals surface area contributed by atoms with Crippen molar-refractivity contribution in [2.24, 2.45) is 0 Å². The molecule has 140 valence electrons. The molecule has 1 aromatic carbocycles. The fourth-order valence-corrected chi connectivity index (χ4v) is 3.83. The third kappa shape index (κ3) is 4.25. The number of pyridine rings is 1. The van der Waals surface area contributed by atoms with Crippen LogP contribution in [-0.2, 0) is 11.3 Å². The predicted molar refractivity (Wildman–Crippen MR) is 103 cm³/mol. The molecule has 7 nitrogen and oxygen atoms in total. The lowest BCUT2D eigenvalue weighted by molar-refractivity contribution is 0.00610. The van der Waals surface area contributed by atoms with E-state index in [2.05, 4.69) is 26.1 Å². The average Bonchev–Trinajstić information content (AvgIpc) is 2.61. The number of piperidine rings is 1. The van der Waals surface area contributed by atoms with Crippen LogP contribution in [-0.4, -0.2) is 59.6 Å². The van der Waals surface area contributed by atoms with E-state index >= 15 is 0 Å². The Morgan fingerprint density at radius 1 is 1.35 bits per heavy atom. The summed E-state index contributed by atoms with van der Waals surface area (Å²) in [5.41, 5.74) is 0.874. The molecule has 0 radical (unpaired) electrons. The Bertz CT molecular complexity index is 854. The largest absolute Gasteiger partial charge is 0.465 e. The number of halogens is 1. The van der Waals surface area contributed by atoms with Crippen LogP contribution in [0.25, 0.3) is 10.9 Å². The van der Waals surface area contributed by atoms with Gasteiger partial charge in [-0.1, -0.05) is 22.0 Å². The summed E-state index contributed by atoms with van der Waals surface area (Å²) in [5, 5.41) is 12.5. The van der Waals surface area contributed by atoms with Crippen LogP contribution in [0.15, 0.2) is 39.6 Å². The predicted octanol–water partition coefficient (Wildman–Crippen LogP) is 2.12. The summed E-state index contributed by atoms with van der Waals surface area (Å²) in [7, 11) is 1.59. The first-order valence-corrected chi connectivity index (χ1v) is 9.31. The van der Waals surface area contributed by atoms with Gasteiger partial charge in [0.05, 0.1) is 17.7 Å². The van der Waals surface area contributed by atoms with E-state index in [0.717, 1.165) is 21.9 Å². The summed E-state index contributed by atoms with van der Waals surface area (Å²) in [6.45, 7) is 2.66. The summed E-state index contributed by atoms with van der Waals surface area (Å²) in [4.78, 5) is 25.4. The maximum Gasteiger partial charge on any atom is 0.404 e. The minimum atomic E-state index is -1.03. The van der Waals surface area contributed by atoms with E-state index in [-0.39, 0.29) is 17.7 Å². The van der Waals surface area contributed by atoms with Gasteiger partial charge in [-0.05, 0) is 30.0 Å². The van der Waals surface area contributed by atoms with Crippen LogP contribution in [0.5, 0.6) is 0 Å². The molecule has 1 amide bonds. The maximum atomic E-state index is 12.3. The molecule has 0 unspecified atom stereocenters. The van der Waals surface area contributed by atoms with Crippen LogP contribution < -0.4 is 10.9 Å². The Hall–Kier alpha value is -1.90. The van der Waals surface area contributed by atoms with E-state index in [0.29, 0.717) is 26.1 Å². The standard InChI is InChI=1S/C18H22BrN3O4/c1-26-16-11-21(7-6-14(16)20-18(24)25)8-9-22-15-10-13(19)4-2-12(15)3-5-17(22)23/h2-5,10,14,16,20H,6-9,11H2,1H3,(H,24,25)/t14-,16+/m0/s1. The van der Waals surface area contributed by atoms with Crippen LogP contribution in [0.3, 0.4) is 0 Å². The van der Waals surface area contributed by atoms with Crippen molar-refractivity contribution < 1.29 is 14.6 Å². The van der Waals surface area contributed by atoms with E-state index < -0.39 is 6.09 Å². The lowest BCUT2D eigenvalue weighted by Crippen LogP contribution is -2.55. The number of rotatable bonds is 5. The van der Waals surface area contributed by atoms with Gasteiger partial charge >= 0.3 is 6.09 Å². The molecule has 1 fully saturated rings. The van der Waals surface area contributed by atoms with Crippen LogP contribution in [0.4, 0.5) is 4.79 Å². The number of nitrogens with one attached hydrogen (secondary N) is 1. The number of hydrogen-bond donors (Lipinski definition) is 2. The normalized spacial score (nSPS) is 21.0. The number of nitrogens with zero attached hydrogens (tertiary/aromatic N) is 2. The smallest absolute Gasteiger partial charge is 0.404 e. The highest BCUT2D eigenvalue weighted by Gasteiger charge is 2.30. The average molecular weight is 424 g/mol. The fraction of sp³-hybridized carbons (Fsp3) is 0.444. The van der Waals surface area contributed by atoms with Crippen molar-refractivity contribution >= 4 is 32.9 Å². The quantitative estimate of drug-likeness (QED) is 0.769. The topological polar surface area (TPSA) is 83.8 Å². The van der Waals surface area contributed by atoms with Gasteiger partial charge in [0.2, 0.25) is 0 Å². The van der Waals surface area contributed by atoms with Gasteiger partial charge in [-0.2, -0.15) is 0 Å². The van der Waals surface area contributed by atoms with Crippen molar-refractivity contribution in [2.45, 2.75) is 25.1 Å². The summed E-state index contributed by atoms with van der Waals surface area (Å²) < 4.78 is 8.17. The molecule has 2 atom stereocenters. The van der Waals surface area contributed by atoms with Gasteiger partial charge in [0.15, 0.2) is 0 Å². The molecule has 0 aliphatic carbocycles. The lowest BCUT2D eigenvalue weighted by atomic mass is 10.0. The second-order valence-corrected chi connectivity index (χ2v) is 7.36. The van der Waals surface area contributed by atoms with Gasteiger partial charge in [-0.25, -0.2) is 4.79 Å². The SMILES string of the molecule is CO[C@@H]1CN(CCn2c(=O)ccc3ccc(Br)cc32)CC[C@@H]1NC(=O)O. The molecule has 2 N–H and O–H groups in total. The van der Waals surface area contributed by atoms with E-state index in [4.69, 9.17) is 9.84 Å². The Kier molecular flexibility index (Phi) is 5.95. The lowest BCUT2D eigenvalue weighted by Gasteiger charge is -2.37. The molecule has 0 saturated carbocycles. The molecule has 26 heavy (non-hydrogen) atoms. The number of aromatic nitrogens is 1. The molecular weight excluding hydrogens is 402 g/mol. The molecular formula is C18H22BrN3O4. The number of carbonyl (C=O) groups is 1. The Morgan fingerprint density at radius 3 is 2.85 bits per heavy atom. The molecule has 1 aromatic heterocycles. The molecule has 0 bridgehead atoms. The zero-order chi connectivity index (χ0) is 18.7. The molecule has 2 aromatic rings. The Balaban J connectivity index is 1.71. The number of fused-ring (bicyclic) bond motifs is 1. The van der Waals surface area contributed by atoms with E-state index in [1.165, 1.54) is 0 Å². The van der Waals surface area contributed by atoms with Crippen molar-refractivity contribution in [1.29, 1.82) is 0 Å². The third-order valence-corrected chi connectivity index (χ3v) is 5.34. The van der Waals surface area contributed by atoms with E-state index in [1.807, 2.05) is 24.3 Å². The number of likely N-dealkylation sites (tertiary alicyclic amines) is 1. The van der Waals surface area contributed by atoms with Crippen molar-refractivity contribution in [3.63, 3.8) is 0 Å². The summed E-state index contributed by atoms with van der Waals surface area (Å²) >= 11 is 3.46. The minimum absolute atomic E-state index is 0.0266. The van der Waals surface area contributed by atoms with Crippen LogP contribution in [0, 0.1) is 0 Å². The van der Waals surface area contributed by atoms with Crippen molar-refractivity contribution in [3.8, 4) is 0 Å². The van der Waals surface area contributed by atoms with Crippen LogP contribution in [0.2, 0.25) is 0 Å².